The summed E-state index contributed by atoms with van der Waals surface area (Å²) >= 11 is 5.93. The Morgan fingerprint density at radius 1 is 1.16 bits per heavy atom. The fraction of sp³-hybridized carbons (Fsp3) is 0.250. The molecule has 2 heterocycles. The summed E-state index contributed by atoms with van der Waals surface area (Å²) in [5, 5.41) is 1.71. The molecule has 1 aliphatic rings. The van der Waals surface area contributed by atoms with Crippen molar-refractivity contribution >= 4 is 22.6 Å². The van der Waals surface area contributed by atoms with E-state index in [2.05, 4.69) is 4.90 Å². The SMILES string of the molecule is Cc1cc(=O)oc2c3c(ccc12)OCN(CCc1ccc(Cl)cc1)C3. The lowest BCUT2D eigenvalue weighted by Crippen LogP contribution is -2.33. The number of ether oxygens (including phenoxy) is 1. The molecule has 0 saturated heterocycles. The van der Waals surface area contributed by atoms with Gasteiger partial charge in [-0.25, -0.2) is 4.79 Å². The maximum Gasteiger partial charge on any atom is 0.336 e. The van der Waals surface area contributed by atoms with E-state index in [1.807, 2.05) is 43.3 Å². The summed E-state index contributed by atoms with van der Waals surface area (Å²) in [6.45, 7) is 4.01. The quantitative estimate of drug-likeness (QED) is 0.662. The molecule has 2 aromatic carbocycles. The molecule has 1 aromatic heterocycles. The fourth-order valence-electron chi connectivity index (χ4n) is 3.22. The van der Waals surface area contributed by atoms with E-state index in [9.17, 15) is 4.79 Å². The molecule has 4 nitrogen and oxygen atoms in total. The summed E-state index contributed by atoms with van der Waals surface area (Å²) < 4.78 is 11.4. The minimum Gasteiger partial charge on any atom is -0.478 e. The van der Waals surface area contributed by atoms with Crippen LogP contribution in [-0.2, 0) is 13.0 Å². The molecule has 0 bridgehead atoms. The second-order valence-electron chi connectivity index (χ2n) is 6.37. The predicted octanol–water partition coefficient (Wildman–Crippen LogP) is 4.15. The molecule has 0 atom stereocenters. The Kier molecular flexibility index (Phi) is 4.24. The maximum atomic E-state index is 11.8. The average Bonchev–Trinajstić information content (AvgIpc) is 2.61. The number of benzene rings is 2. The van der Waals surface area contributed by atoms with E-state index >= 15 is 0 Å². The van der Waals surface area contributed by atoms with Crippen LogP contribution in [0.5, 0.6) is 5.75 Å². The number of hydrogen-bond donors (Lipinski definition) is 0. The van der Waals surface area contributed by atoms with Crippen molar-refractivity contribution in [2.75, 3.05) is 13.3 Å². The Morgan fingerprint density at radius 2 is 1.96 bits per heavy atom. The van der Waals surface area contributed by atoms with Crippen LogP contribution in [-0.4, -0.2) is 18.2 Å². The lowest BCUT2D eigenvalue weighted by Gasteiger charge is -2.29. The smallest absolute Gasteiger partial charge is 0.336 e. The number of hydrogen-bond acceptors (Lipinski definition) is 4. The van der Waals surface area contributed by atoms with Crippen LogP contribution < -0.4 is 10.4 Å². The van der Waals surface area contributed by atoms with Gasteiger partial charge in [0.05, 0.1) is 5.56 Å². The molecule has 3 aromatic rings. The maximum absolute atomic E-state index is 11.8. The first-order valence-electron chi connectivity index (χ1n) is 8.26. The van der Waals surface area contributed by atoms with E-state index in [0.717, 1.165) is 40.3 Å². The van der Waals surface area contributed by atoms with E-state index in [1.54, 1.807) is 0 Å². The van der Waals surface area contributed by atoms with Crippen molar-refractivity contribution in [3.05, 3.63) is 74.6 Å². The van der Waals surface area contributed by atoms with Gasteiger partial charge in [0.25, 0.3) is 0 Å². The number of aryl methyl sites for hydroxylation is 1. The van der Waals surface area contributed by atoms with Crippen LogP contribution >= 0.6 is 11.6 Å². The largest absolute Gasteiger partial charge is 0.478 e. The first-order valence-corrected chi connectivity index (χ1v) is 8.64. The highest BCUT2D eigenvalue weighted by Gasteiger charge is 2.21. The summed E-state index contributed by atoms with van der Waals surface area (Å²) in [5.74, 6) is 0.795. The minimum atomic E-state index is -0.323. The minimum absolute atomic E-state index is 0.323. The topological polar surface area (TPSA) is 42.7 Å². The van der Waals surface area contributed by atoms with E-state index in [4.69, 9.17) is 20.8 Å². The van der Waals surface area contributed by atoms with Crippen molar-refractivity contribution in [3.63, 3.8) is 0 Å². The van der Waals surface area contributed by atoms with Crippen molar-refractivity contribution in [2.45, 2.75) is 19.9 Å². The molecule has 0 radical (unpaired) electrons. The third-order valence-corrected chi connectivity index (χ3v) is 4.85. The standard InChI is InChI=1S/C20H18ClNO3/c1-13-10-19(23)25-20-16(13)6-7-18-17(20)11-22(12-24-18)9-8-14-2-4-15(21)5-3-14/h2-7,10H,8-9,11-12H2,1H3. The van der Waals surface area contributed by atoms with Gasteiger partial charge in [-0.15, -0.1) is 0 Å². The second kappa shape index (κ2) is 6.54. The monoisotopic (exact) mass is 355 g/mol. The zero-order valence-electron chi connectivity index (χ0n) is 13.9. The van der Waals surface area contributed by atoms with E-state index < -0.39 is 0 Å². The normalized spacial score (nSPS) is 14.3. The van der Waals surface area contributed by atoms with Crippen molar-refractivity contribution < 1.29 is 9.15 Å². The number of nitrogens with zero attached hydrogens (tertiary/aromatic N) is 1. The first-order chi connectivity index (χ1) is 12.1. The van der Waals surface area contributed by atoms with Crippen molar-refractivity contribution in [3.8, 4) is 5.75 Å². The van der Waals surface area contributed by atoms with Gasteiger partial charge in [-0.05, 0) is 48.7 Å². The third kappa shape index (κ3) is 3.28. The fourth-order valence-corrected chi connectivity index (χ4v) is 3.34. The van der Waals surface area contributed by atoms with Gasteiger partial charge >= 0.3 is 5.63 Å². The van der Waals surface area contributed by atoms with E-state index in [-0.39, 0.29) is 5.63 Å². The van der Waals surface area contributed by atoms with Crippen LogP contribution in [0.4, 0.5) is 0 Å². The molecule has 4 rings (SSSR count). The summed E-state index contributed by atoms with van der Waals surface area (Å²) in [5.41, 5.74) is 3.42. The van der Waals surface area contributed by atoms with Crippen LogP contribution in [0.2, 0.25) is 5.02 Å². The Bertz CT molecular complexity index is 979. The zero-order valence-corrected chi connectivity index (χ0v) is 14.7. The predicted molar refractivity (Wildman–Crippen MR) is 98.3 cm³/mol. The highest BCUT2D eigenvalue weighted by Crippen LogP contribution is 2.32. The van der Waals surface area contributed by atoms with Crippen molar-refractivity contribution in [2.24, 2.45) is 0 Å². The van der Waals surface area contributed by atoms with E-state index in [1.165, 1.54) is 11.6 Å². The summed E-state index contributed by atoms with van der Waals surface area (Å²) in [6.07, 6.45) is 0.906. The summed E-state index contributed by atoms with van der Waals surface area (Å²) in [7, 11) is 0. The highest BCUT2D eigenvalue weighted by atomic mass is 35.5. The van der Waals surface area contributed by atoms with Gasteiger partial charge in [0.2, 0.25) is 0 Å². The van der Waals surface area contributed by atoms with Gasteiger partial charge in [0.1, 0.15) is 18.1 Å². The second-order valence-corrected chi connectivity index (χ2v) is 6.81. The van der Waals surface area contributed by atoms with E-state index in [0.29, 0.717) is 18.9 Å². The molecule has 1 aliphatic heterocycles. The highest BCUT2D eigenvalue weighted by molar-refractivity contribution is 6.30. The zero-order chi connectivity index (χ0) is 17.4. The van der Waals surface area contributed by atoms with Gasteiger partial charge in [-0.2, -0.15) is 0 Å². The first kappa shape index (κ1) is 16.2. The molecule has 0 amide bonds. The molecule has 0 unspecified atom stereocenters. The Labute approximate surface area is 150 Å². The Hall–Kier alpha value is -2.30. The molecular weight excluding hydrogens is 338 g/mol. The lowest BCUT2D eigenvalue weighted by atomic mass is 10.0. The molecule has 0 spiro atoms. The molecular formula is C20H18ClNO3. The molecule has 0 fully saturated rings. The van der Waals surface area contributed by atoms with Crippen LogP contribution in [0.15, 0.2) is 51.7 Å². The molecule has 0 N–H and O–H groups in total. The van der Waals surface area contributed by atoms with Gasteiger partial charge in [0, 0.05) is 29.6 Å². The van der Waals surface area contributed by atoms with Crippen molar-refractivity contribution in [1.29, 1.82) is 0 Å². The van der Waals surface area contributed by atoms with Gasteiger partial charge in [-0.3, -0.25) is 4.90 Å². The molecule has 0 aliphatic carbocycles. The number of rotatable bonds is 3. The number of fused-ring (bicyclic) bond motifs is 3. The average molecular weight is 356 g/mol. The Balaban J connectivity index is 1.58. The van der Waals surface area contributed by atoms with Crippen LogP contribution in [0.1, 0.15) is 16.7 Å². The molecule has 0 saturated carbocycles. The van der Waals surface area contributed by atoms with Crippen LogP contribution in [0.25, 0.3) is 11.0 Å². The van der Waals surface area contributed by atoms with Crippen LogP contribution in [0.3, 0.4) is 0 Å². The molecule has 5 heteroatoms. The summed E-state index contributed by atoms with van der Waals surface area (Å²) in [6, 6.07) is 13.3. The van der Waals surface area contributed by atoms with Gasteiger partial charge in [0.15, 0.2) is 0 Å². The van der Waals surface area contributed by atoms with Gasteiger partial charge < -0.3 is 9.15 Å². The third-order valence-electron chi connectivity index (χ3n) is 4.59. The van der Waals surface area contributed by atoms with Crippen LogP contribution in [0, 0.1) is 6.92 Å². The van der Waals surface area contributed by atoms with Crippen molar-refractivity contribution in [1.82, 2.24) is 4.90 Å². The lowest BCUT2D eigenvalue weighted by molar-refractivity contribution is 0.0968. The molecule has 25 heavy (non-hydrogen) atoms. The summed E-state index contributed by atoms with van der Waals surface area (Å²) in [4.78, 5) is 14.0. The van der Waals surface area contributed by atoms with Gasteiger partial charge in [-0.1, -0.05) is 23.7 Å². The number of halogens is 1. The molecule has 128 valence electrons. The Morgan fingerprint density at radius 3 is 2.76 bits per heavy atom.